The van der Waals surface area contributed by atoms with Crippen LogP contribution in [0.3, 0.4) is 0 Å². The second-order valence-electron chi connectivity index (χ2n) is 14.8. The molecule has 240 valence electrons. The molecule has 2 saturated heterocycles. The van der Waals surface area contributed by atoms with Gasteiger partial charge in [-0.05, 0) is 101 Å². The topological polar surface area (TPSA) is 131 Å². The summed E-state index contributed by atoms with van der Waals surface area (Å²) >= 11 is 0. The van der Waals surface area contributed by atoms with Gasteiger partial charge in [0.05, 0.1) is 30.3 Å². The average molecular weight is 597 g/mol. The second-order valence-corrected chi connectivity index (χ2v) is 14.8. The minimum absolute atomic E-state index is 0.164. The molecule has 4 aliphatic rings. The Labute approximate surface area is 258 Å². The van der Waals surface area contributed by atoms with E-state index in [0.717, 1.165) is 77.0 Å². The van der Waals surface area contributed by atoms with Gasteiger partial charge in [0, 0.05) is 24.2 Å². The molecule has 4 bridgehead atoms. The summed E-state index contributed by atoms with van der Waals surface area (Å²) in [5, 5.41) is 38.6. The third-order valence-corrected chi connectivity index (χ3v) is 11.0. The number of carboxylic acid groups (broad SMARTS) is 1. The Balaban J connectivity index is 1.36. The molecule has 2 fully saturated rings. The molecule has 8 nitrogen and oxygen atoms in total. The van der Waals surface area contributed by atoms with E-state index in [0.29, 0.717) is 24.3 Å². The number of aliphatic hydroxyl groups excluding tert-OH is 1. The SMILES string of the molecule is C[C@H]1[C@H](O)CC[C@H]2C[C@@H]([C@@H]3CCCCCC[C@@](O)(CC(=O)O)CN[C@]4(C)C[C@@H](Cc5cccc(c5)C3)N[C@H](N)C4)C=CN21. The van der Waals surface area contributed by atoms with Crippen LogP contribution in [0.5, 0.6) is 0 Å². The number of nitrogens with one attached hydrogen (secondary N) is 2. The summed E-state index contributed by atoms with van der Waals surface area (Å²) in [5.74, 6) is 0.107. The van der Waals surface area contributed by atoms with Crippen LogP contribution >= 0.6 is 0 Å². The van der Waals surface area contributed by atoms with Crippen molar-refractivity contribution in [2.75, 3.05) is 6.54 Å². The van der Waals surface area contributed by atoms with Gasteiger partial charge in [-0.2, -0.15) is 0 Å². The fourth-order valence-electron chi connectivity index (χ4n) is 8.59. The number of carboxylic acids is 1. The summed E-state index contributed by atoms with van der Waals surface area (Å²) in [6.45, 7) is 4.57. The summed E-state index contributed by atoms with van der Waals surface area (Å²) in [7, 11) is 0. The molecule has 0 spiro atoms. The molecule has 0 aliphatic carbocycles. The minimum atomic E-state index is -1.27. The molecule has 0 saturated carbocycles. The van der Waals surface area contributed by atoms with Gasteiger partial charge in [0.25, 0.3) is 0 Å². The average Bonchev–Trinajstić information content (AvgIpc) is 2.94. The van der Waals surface area contributed by atoms with Gasteiger partial charge in [-0.15, -0.1) is 0 Å². The molecule has 7 N–H and O–H groups in total. The van der Waals surface area contributed by atoms with Crippen LogP contribution in [0.4, 0.5) is 0 Å². The van der Waals surface area contributed by atoms with Crippen LogP contribution in [-0.2, 0) is 17.6 Å². The van der Waals surface area contributed by atoms with Crippen molar-refractivity contribution in [1.82, 2.24) is 15.5 Å². The fraction of sp³-hybridized carbons (Fsp3) is 0.743. The summed E-state index contributed by atoms with van der Waals surface area (Å²) in [5.41, 5.74) is 7.65. The zero-order valence-corrected chi connectivity index (χ0v) is 26.4. The van der Waals surface area contributed by atoms with E-state index in [4.69, 9.17) is 5.73 Å². The Morgan fingerprint density at radius 2 is 1.86 bits per heavy atom. The van der Waals surface area contributed by atoms with Crippen molar-refractivity contribution in [3.63, 3.8) is 0 Å². The highest BCUT2D eigenvalue weighted by Crippen LogP contribution is 2.38. The Hall–Kier alpha value is -1.97. The Morgan fingerprint density at radius 1 is 1.09 bits per heavy atom. The number of hydrogen-bond donors (Lipinski definition) is 6. The lowest BCUT2D eigenvalue weighted by Gasteiger charge is -2.47. The van der Waals surface area contributed by atoms with Crippen LogP contribution in [0.2, 0.25) is 0 Å². The highest BCUT2D eigenvalue weighted by Gasteiger charge is 2.39. The predicted molar refractivity (Wildman–Crippen MR) is 170 cm³/mol. The van der Waals surface area contributed by atoms with Crippen molar-refractivity contribution in [3.05, 3.63) is 47.7 Å². The van der Waals surface area contributed by atoms with E-state index < -0.39 is 11.6 Å². The summed E-state index contributed by atoms with van der Waals surface area (Å²) in [4.78, 5) is 14.1. The van der Waals surface area contributed by atoms with Gasteiger partial charge in [0.2, 0.25) is 0 Å². The van der Waals surface area contributed by atoms with Crippen molar-refractivity contribution in [2.24, 2.45) is 17.6 Å². The first kappa shape index (κ1) is 32.4. The third-order valence-electron chi connectivity index (χ3n) is 11.0. The number of aliphatic hydroxyl groups is 2. The van der Waals surface area contributed by atoms with E-state index in [9.17, 15) is 20.1 Å². The quantitative estimate of drug-likeness (QED) is 0.308. The zero-order chi connectivity index (χ0) is 30.6. The molecule has 1 aromatic carbocycles. The number of nitrogens with zero attached hydrogens (tertiary/aromatic N) is 1. The monoisotopic (exact) mass is 596 g/mol. The molecule has 5 rings (SSSR count). The number of piperidine rings is 2. The lowest BCUT2D eigenvalue weighted by atomic mass is 9.75. The van der Waals surface area contributed by atoms with Gasteiger partial charge < -0.3 is 31.3 Å². The molecule has 0 aromatic heterocycles. The summed E-state index contributed by atoms with van der Waals surface area (Å²) in [6, 6.07) is 9.99. The number of nitrogens with two attached hydrogens (primary N) is 1. The number of allylic oxidation sites excluding steroid dienone is 1. The smallest absolute Gasteiger partial charge is 0.306 e. The highest BCUT2D eigenvalue weighted by atomic mass is 16.4. The van der Waals surface area contributed by atoms with Gasteiger partial charge in [-0.1, -0.05) is 56.0 Å². The second kappa shape index (κ2) is 14.0. The number of aliphatic carboxylic acids is 1. The maximum absolute atomic E-state index is 11.7. The molecule has 43 heavy (non-hydrogen) atoms. The van der Waals surface area contributed by atoms with Gasteiger partial charge in [0.15, 0.2) is 0 Å². The zero-order valence-electron chi connectivity index (χ0n) is 26.4. The van der Waals surface area contributed by atoms with Crippen LogP contribution < -0.4 is 16.4 Å². The lowest BCUT2D eigenvalue weighted by Crippen LogP contribution is -2.63. The predicted octanol–water partition coefficient (Wildman–Crippen LogP) is 4.08. The molecular weight excluding hydrogens is 540 g/mol. The number of benzene rings is 1. The number of carbonyl (C=O) groups is 1. The molecule has 1 aromatic rings. The van der Waals surface area contributed by atoms with Gasteiger partial charge in [-0.25, -0.2) is 0 Å². The van der Waals surface area contributed by atoms with Gasteiger partial charge >= 0.3 is 5.97 Å². The highest BCUT2D eigenvalue weighted by molar-refractivity contribution is 5.68. The molecule has 9 atom stereocenters. The van der Waals surface area contributed by atoms with Crippen molar-refractivity contribution in [2.45, 2.75) is 145 Å². The van der Waals surface area contributed by atoms with Crippen LogP contribution in [0.25, 0.3) is 0 Å². The Bertz CT molecular complexity index is 1120. The molecule has 4 heterocycles. The lowest BCUT2D eigenvalue weighted by molar-refractivity contribution is -0.143. The van der Waals surface area contributed by atoms with Crippen molar-refractivity contribution < 1.29 is 20.1 Å². The van der Waals surface area contributed by atoms with Gasteiger partial charge in [0.1, 0.15) is 0 Å². The van der Waals surface area contributed by atoms with E-state index >= 15 is 0 Å². The normalized spacial score (nSPS) is 39.7. The molecule has 0 radical (unpaired) electrons. The van der Waals surface area contributed by atoms with Crippen molar-refractivity contribution in [3.8, 4) is 0 Å². The first-order chi connectivity index (χ1) is 20.5. The van der Waals surface area contributed by atoms with Crippen molar-refractivity contribution in [1.29, 1.82) is 0 Å². The molecule has 0 amide bonds. The standard InChI is InChI=1S/C35H56N4O4/c1-24-31(40)12-11-30-19-28(13-15-39(24)30)27-10-5-3-4-6-14-35(43,22-33(41)42)23-37-34(2)20-29(38-32(36)21-34)18-26-9-7-8-25(16-26)17-27/h7-9,13,15-16,24,27-32,37-38,40,43H,3-6,10-12,14,17-23,36H2,1-2H3,(H,41,42)/t24-,27+,28-,29+,30-,31+,32-,34+,35+/m0/s1. The maximum atomic E-state index is 11.7. The molecule has 0 unspecified atom stereocenters. The van der Waals surface area contributed by atoms with E-state index in [1.165, 1.54) is 11.1 Å². The number of fused-ring (bicyclic) bond motifs is 5. The Kier molecular flexibility index (Phi) is 10.5. The first-order valence-corrected chi connectivity index (χ1v) is 16.9. The minimum Gasteiger partial charge on any atom is -0.481 e. The third kappa shape index (κ3) is 8.60. The van der Waals surface area contributed by atoms with E-state index in [2.05, 4.69) is 65.9 Å². The number of hydrogen-bond acceptors (Lipinski definition) is 7. The van der Waals surface area contributed by atoms with E-state index in [1.807, 2.05) is 0 Å². The summed E-state index contributed by atoms with van der Waals surface area (Å²) in [6.07, 6.45) is 16.3. The van der Waals surface area contributed by atoms with E-state index in [-0.39, 0.29) is 42.9 Å². The van der Waals surface area contributed by atoms with Crippen LogP contribution in [-0.4, -0.2) is 74.3 Å². The van der Waals surface area contributed by atoms with Crippen LogP contribution in [0.15, 0.2) is 36.5 Å². The first-order valence-electron chi connectivity index (χ1n) is 16.9. The van der Waals surface area contributed by atoms with Crippen LogP contribution in [0, 0.1) is 11.8 Å². The van der Waals surface area contributed by atoms with E-state index in [1.54, 1.807) is 0 Å². The number of β-amino-alcohol motifs (C(OH)–C–C–N with tert-alkyl or cyclic N) is 1. The summed E-state index contributed by atoms with van der Waals surface area (Å²) < 4.78 is 0. The maximum Gasteiger partial charge on any atom is 0.306 e. The van der Waals surface area contributed by atoms with Gasteiger partial charge in [-0.3, -0.25) is 10.1 Å². The molecule has 8 heteroatoms. The largest absolute Gasteiger partial charge is 0.481 e. The molecule has 4 aliphatic heterocycles. The van der Waals surface area contributed by atoms with Crippen LogP contribution in [0.1, 0.15) is 102 Å². The molecular formula is C35H56N4O4. The van der Waals surface area contributed by atoms with Crippen molar-refractivity contribution >= 4 is 5.97 Å². The Morgan fingerprint density at radius 3 is 2.65 bits per heavy atom. The fourth-order valence-corrected chi connectivity index (χ4v) is 8.59. The number of rotatable bonds is 3.